The van der Waals surface area contributed by atoms with E-state index in [1.54, 1.807) is 19.1 Å². The van der Waals surface area contributed by atoms with Gasteiger partial charge >= 0.3 is 0 Å². The summed E-state index contributed by atoms with van der Waals surface area (Å²) in [5, 5.41) is 14.5. The van der Waals surface area contributed by atoms with Gasteiger partial charge in [0.15, 0.2) is 0 Å². The Morgan fingerprint density at radius 1 is 1.56 bits per heavy atom. The van der Waals surface area contributed by atoms with Crippen molar-refractivity contribution < 1.29 is 9.60 Å². The van der Waals surface area contributed by atoms with Crippen LogP contribution >= 0.6 is 0 Å². The molecule has 18 heavy (non-hydrogen) atoms. The van der Waals surface area contributed by atoms with Crippen LogP contribution in [0.25, 0.3) is 0 Å². The third kappa shape index (κ3) is 4.33. The van der Waals surface area contributed by atoms with E-state index in [1.807, 2.05) is 13.0 Å². The first-order valence-corrected chi connectivity index (χ1v) is 6.00. The molecule has 5 heteroatoms. The smallest absolute Gasteiger partial charge is 0.139 e. The van der Waals surface area contributed by atoms with Gasteiger partial charge in [-0.3, -0.25) is 0 Å². The SMILES string of the molecule is Cc1ccc(C(C)NCCCC(N)=NO)cc1F. The Bertz CT molecular complexity index is 421. The summed E-state index contributed by atoms with van der Waals surface area (Å²) in [5.74, 6) is 0.0450. The topological polar surface area (TPSA) is 70.6 Å². The number of hydrogen-bond acceptors (Lipinski definition) is 3. The van der Waals surface area contributed by atoms with Gasteiger partial charge in [0.1, 0.15) is 11.7 Å². The zero-order valence-electron chi connectivity index (χ0n) is 10.8. The Morgan fingerprint density at radius 2 is 2.28 bits per heavy atom. The van der Waals surface area contributed by atoms with Crippen molar-refractivity contribution in [1.29, 1.82) is 0 Å². The van der Waals surface area contributed by atoms with Crippen molar-refractivity contribution in [3.63, 3.8) is 0 Å². The molecule has 4 N–H and O–H groups in total. The monoisotopic (exact) mass is 253 g/mol. The Morgan fingerprint density at radius 3 is 2.89 bits per heavy atom. The first-order chi connectivity index (χ1) is 8.54. The molecular formula is C13H20FN3O. The molecule has 0 aromatic heterocycles. The van der Waals surface area contributed by atoms with Gasteiger partial charge < -0.3 is 16.3 Å². The summed E-state index contributed by atoms with van der Waals surface area (Å²) >= 11 is 0. The van der Waals surface area contributed by atoms with E-state index in [4.69, 9.17) is 10.9 Å². The number of amidine groups is 1. The molecule has 4 nitrogen and oxygen atoms in total. The van der Waals surface area contributed by atoms with Crippen LogP contribution in [0.4, 0.5) is 4.39 Å². The molecule has 0 spiro atoms. The van der Waals surface area contributed by atoms with Crippen LogP contribution in [0.15, 0.2) is 23.4 Å². The molecule has 0 amide bonds. The van der Waals surface area contributed by atoms with Crippen molar-refractivity contribution in [3.05, 3.63) is 35.1 Å². The summed E-state index contributed by atoms with van der Waals surface area (Å²) in [6.07, 6.45) is 1.31. The van der Waals surface area contributed by atoms with Crippen LogP contribution in [0.5, 0.6) is 0 Å². The Balaban J connectivity index is 2.40. The van der Waals surface area contributed by atoms with Crippen molar-refractivity contribution in [2.24, 2.45) is 10.9 Å². The van der Waals surface area contributed by atoms with Crippen molar-refractivity contribution in [2.75, 3.05) is 6.54 Å². The lowest BCUT2D eigenvalue weighted by Crippen LogP contribution is -2.22. The van der Waals surface area contributed by atoms with Crippen LogP contribution in [0.2, 0.25) is 0 Å². The van der Waals surface area contributed by atoms with Crippen LogP contribution in [0.1, 0.15) is 36.9 Å². The normalized spacial score (nSPS) is 13.6. The second-order valence-corrected chi connectivity index (χ2v) is 4.38. The van der Waals surface area contributed by atoms with Gasteiger partial charge in [-0.25, -0.2) is 4.39 Å². The van der Waals surface area contributed by atoms with Crippen LogP contribution < -0.4 is 11.1 Å². The lowest BCUT2D eigenvalue weighted by molar-refractivity contribution is 0.316. The van der Waals surface area contributed by atoms with E-state index in [0.29, 0.717) is 12.0 Å². The van der Waals surface area contributed by atoms with Gasteiger partial charge in [0, 0.05) is 12.5 Å². The first kappa shape index (κ1) is 14.4. The molecule has 0 aliphatic heterocycles. The lowest BCUT2D eigenvalue weighted by atomic mass is 10.1. The summed E-state index contributed by atoms with van der Waals surface area (Å²) in [4.78, 5) is 0. The predicted molar refractivity (Wildman–Crippen MR) is 70.2 cm³/mol. The van der Waals surface area contributed by atoms with Gasteiger partial charge in [-0.15, -0.1) is 0 Å². The quantitative estimate of drug-likeness (QED) is 0.239. The summed E-state index contributed by atoms with van der Waals surface area (Å²) in [6.45, 7) is 4.45. The molecule has 0 saturated carbocycles. The minimum atomic E-state index is -0.183. The standard InChI is InChI=1S/C13H20FN3O/c1-9-5-6-11(8-12(9)14)10(2)16-7-3-4-13(15)17-18/h5-6,8,10,16,18H,3-4,7H2,1-2H3,(H2,15,17). The van der Waals surface area contributed by atoms with Gasteiger partial charge in [-0.1, -0.05) is 17.3 Å². The fraction of sp³-hybridized carbons (Fsp3) is 0.462. The zero-order valence-corrected chi connectivity index (χ0v) is 10.8. The highest BCUT2D eigenvalue weighted by molar-refractivity contribution is 5.79. The van der Waals surface area contributed by atoms with Gasteiger partial charge in [-0.05, 0) is 44.0 Å². The van der Waals surface area contributed by atoms with Gasteiger partial charge in [0.25, 0.3) is 0 Å². The van der Waals surface area contributed by atoms with E-state index in [2.05, 4.69) is 10.5 Å². The highest BCUT2D eigenvalue weighted by Crippen LogP contribution is 2.16. The number of benzene rings is 1. The minimum absolute atomic E-state index is 0.0763. The molecule has 0 radical (unpaired) electrons. The fourth-order valence-corrected chi connectivity index (χ4v) is 1.63. The third-order valence-electron chi connectivity index (χ3n) is 2.88. The maximum atomic E-state index is 13.4. The highest BCUT2D eigenvalue weighted by atomic mass is 19.1. The lowest BCUT2D eigenvalue weighted by Gasteiger charge is -2.14. The second-order valence-electron chi connectivity index (χ2n) is 4.38. The maximum absolute atomic E-state index is 13.4. The minimum Gasteiger partial charge on any atom is -0.409 e. The molecule has 0 heterocycles. The van der Waals surface area contributed by atoms with E-state index in [-0.39, 0.29) is 17.7 Å². The van der Waals surface area contributed by atoms with Gasteiger partial charge in [0.2, 0.25) is 0 Å². The summed E-state index contributed by atoms with van der Waals surface area (Å²) < 4.78 is 13.4. The number of aryl methyl sites for hydroxylation is 1. The van der Waals surface area contributed by atoms with Crippen molar-refractivity contribution in [3.8, 4) is 0 Å². The Hall–Kier alpha value is -1.62. The van der Waals surface area contributed by atoms with E-state index < -0.39 is 0 Å². The number of oxime groups is 1. The van der Waals surface area contributed by atoms with E-state index in [9.17, 15) is 4.39 Å². The highest BCUT2D eigenvalue weighted by Gasteiger charge is 2.07. The first-order valence-electron chi connectivity index (χ1n) is 6.00. The number of hydrogen-bond donors (Lipinski definition) is 3. The molecule has 1 aromatic carbocycles. The fourth-order valence-electron chi connectivity index (χ4n) is 1.63. The molecule has 0 saturated heterocycles. The molecular weight excluding hydrogens is 233 g/mol. The molecule has 0 fully saturated rings. The molecule has 1 atom stereocenters. The maximum Gasteiger partial charge on any atom is 0.139 e. The number of nitrogens with zero attached hydrogens (tertiary/aromatic N) is 1. The zero-order chi connectivity index (χ0) is 13.5. The molecule has 1 unspecified atom stereocenters. The van der Waals surface area contributed by atoms with E-state index in [1.165, 1.54) is 0 Å². The number of halogens is 1. The Kier molecular flexibility index (Phi) is 5.58. The Labute approximate surface area is 107 Å². The van der Waals surface area contributed by atoms with Crippen molar-refractivity contribution in [1.82, 2.24) is 5.32 Å². The average Bonchev–Trinajstić information content (AvgIpc) is 2.37. The van der Waals surface area contributed by atoms with Crippen LogP contribution in [-0.4, -0.2) is 17.6 Å². The van der Waals surface area contributed by atoms with Gasteiger partial charge in [0.05, 0.1) is 0 Å². The molecule has 1 rings (SSSR count). The number of nitrogens with two attached hydrogens (primary N) is 1. The summed E-state index contributed by atoms with van der Waals surface area (Å²) in [7, 11) is 0. The van der Waals surface area contributed by atoms with Crippen molar-refractivity contribution in [2.45, 2.75) is 32.7 Å². The number of nitrogens with one attached hydrogen (secondary N) is 1. The van der Waals surface area contributed by atoms with Crippen LogP contribution in [0, 0.1) is 12.7 Å². The van der Waals surface area contributed by atoms with E-state index >= 15 is 0 Å². The molecule has 100 valence electrons. The molecule has 1 aromatic rings. The van der Waals surface area contributed by atoms with Crippen LogP contribution in [-0.2, 0) is 0 Å². The molecule has 0 bridgehead atoms. The van der Waals surface area contributed by atoms with Crippen molar-refractivity contribution >= 4 is 5.84 Å². The second kappa shape index (κ2) is 6.96. The summed E-state index contributed by atoms with van der Waals surface area (Å²) in [5.41, 5.74) is 6.93. The third-order valence-corrected chi connectivity index (χ3v) is 2.88. The summed E-state index contributed by atoms with van der Waals surface area (Å²) in [6, 6.07) is 5.32. The molecule has 0 aliphatic rings. The predicted octanol–water partition coefficient (Wildman–Crippen LogP) is 2.31. The largest absolute Gasteiger partial charge is 0.409 e. The average molecular weight is 253 g/mol. The number of rotatable bonds is 6. The van der Waals surface area contributed by atoms with Crippen LogP contribution in [0.3, 0.4) is 0 Å². The van der Waals surface area contributed by atoms with Gasteiger partial charge in [-0.2, -0.15) is 0 Å². The van der Waals surface area contributed by atoms with E-state index in [0.717, 1.165) is 18.5 Å². The molecule has 0 aliphatic carbocycles.